The lowest BCUT2D eigenvalue weighted by atomic mass is 10.4. The van der Waals surface area contributed by atoms with Gasteiger partial charge in [-0.05, 0) is 13.8 Å². The first-order valence-electron chi connectivity index (χ1n) is 4.99. The Morgan fingerprint density at radius 3 is 2.56 bits per heavy atom. The highest BCUT2D eigenvalue weighted by molar-refractivity contribution is 5.91. The summed E-state index contributed by atoms with van der Waals surface area (Å²) in [6, 6.07) is 0. The lowest BCUT2D eigenvalue weighted by Gasteiger charge is -2.16. The maximum absolute atomic E-state index is 11.8. The van der Waals surface area contributed by atoms with Crippen molar-refractivity contribution in [3.05, 3.63) is 11.9 Å². The number of nitrogens with zero attached hydrogens (tertiary/aromatic N) is 4. The van der Waals surface area contributed by atoms with Crippen LogP contribution in [0.5, 0.6) is 0 Å². The van der Waals surface area contributed by atoms with E-state index >= 15 is 0 Å². The summed E-state index contributed by atoms with van der Waals surface area (Å²) < 4.78 is 1.12. The van der Waals surface area contributed by atoms with E-state index in [0.29, 0.717) is 13.1 Å². The fourth-order valence-corrected chi connectivity index (χ4v) is 1.29. The molecule has 0 aliphatic heterocycles. The minimum Gasteiger partial charge on any atom is -0.480 e. The second-order valence-corrected chi connectivity index (χ2v) is 3.17. The molecule has 0 spiro atoms. The van der Waals surface area contributed by atoms with Crippen molar-refractivity contribution in [1.82, 2.24) is 19.9 Å². The molecule has 0 saturated carbocycles. The Morgan fingerprint density at radius 2 is 2.06 bits per heavy atom. The zero-order valence-electron chi connectivity index (χ0n) is 9.25. The number of carboxylic acids is 1. The van der Waals surface area contributed by atoms with Gasteiger partial charge in [-0.3, -0.25) is 9.59 Å². The molecule has 0 radical (unpaired) electrons. The van der Waals surface area contributed by atoms with Crippen LogP contribution in [0.1, 0.15) is 24.3 Å². The number of carboxylic acid groups (broad SMARTS) is 1. The van der Waals surface area contributed by atoms with Crippen molar-refractivity contribution >= 4 is 11.9 Å². The predicted octanol–water partition coefficient (Wildman–Crippen LogP) is -0.155. The minimum atomic E-state index is -1.02. The molecule has 0 aromatic carbocycles. The van der Waals surface area contributed by atoms with Crippen molar-refractivity contribution in [3.63, 3.8) is 0 Å². The molecule has 0 atom stereocenters. The Labute approximate surface area is 92.7 Å². The Balaban J connectivity index is 2.77. The molecule has 0 saturated heterocycles. The van der Waals surface area contributed by atoms with Crippen molar-refractivity contribution in [2.24, 2.45) is 0 Å². The molecule has 1 N–H and O–H groups in total. The molecular formula is C9H14N4O3. The molecule has 0 fully saturated rings. The first-order valence-corrected chi connectivity index (χ1v) is 4.99. The highest BCUT2D eigenvalue weighted by Crippen LogP contribution is 2.00. The summed E-state index contributed by atoms with van der Waals surface area (Å²) in [6.07, 6.45) is 1.34. The van der Waals surface area contributed by atoms with E-state index in [0.717, 1.165) is 4.68 Å². The number of aliphatic carboxylic acids is 1. The fraction of sp³-hybridized carbons (Fsp3) is 0.556. The van der Waals surface area contributed by atoms with Crippen molar-refractivity contribution in [2.45, 2.75) is 20.4 Å². The SMILES string of the molecule is CCN(CC)C(=O)c1cn(CC(=O)O)nn1. The summed E-state index contributed by atoms with van der Waals surface area (Å²) in [4.78, 5) is 23.8. The van der Waals surface area contributed by atoms with Gasteiger partial charge in [-0.25, -0.2) is 4.68 Å². The quantitative estimate of drug-likeness (QED) is 0.754. The van der Waals surface area contributed by atoms with Crippen LogP contribution in [-0.2, 0) is 11.3 Å². The van der Waals surface area contributed by atoms with Gasteiger partial charge in [0.2, 0.25) is 0 Å². The van der Waals surface area contributed by atoms with Gasteiger partial charge in [0.05, 0.1) is 6.20 Å². The van der Waals surface area contributed by atoms with Gasteiger partial charge in [0, 0.05) is 13.1 Å². The van der Waals surface area contributed by atoms with E-state index in [2.05, 4.69) is 10.3 Å². The molecule has 1 heterocycles. The molecule has 7 nitrogen and oxygen atoms in total. The maximum atomic E-state index is 11.8. The number of rotatable bonds is 5. The molecule has 88 valence electrons. The van der Waals surface area contributed by atoms with E-state index in [1.54, 1.807) is 4.90 Å². The zero-order valence-corrected chi connectivity index (χ0v) is 9.25. The van der Waals surface area contributed by atoms with Gasteiger partial charge in [-0.1, -0.05) is 5.21 Å². The van der Waals surface area contributed by atoms with Gasteiger partial charge in [0.1, 0.15) is 6.54 Å². The van der Waals surface area contributed by atoms with Crippen LogP contribution in [0.15, 0.2) is 6.20 Å². The van der Waals surface area contributed by atoms with E-state index in [-0.39, 0.29) is 18.1 Å². The van der Waals surface area contributed by atoms with Gasteiger partial charge in [0.15, 0.2) is 5.69 Å². The van der Waals surface area contributed by atoms with E-state index in [4.69, 9.17) is 5.11 Å². The molecule has 0 aliphatic rings. The standard InChI is InChI=1S/C9H14N4O3/c1-3-12(4-2)9(16)7-5-13(11-10-7)6-8(14)15/h5H,3-4,6H2,1-2H3,(H,14,15). The van der Waals surface area contributed by atoms with Crippen LogP contribution in [0.2, 0.25) is 0 Å². The molecule has 0 unspecified atom stereocenters. The summed E-state index contributed by atoms with van der Waals surface area (Å²) >= 11 is 0. The monoisotopic (exact) mass is 226 g/mol. The van der Waals surface area contributed by atoms with Gasteiger partial charge in [-0.15, -0.1) is 5.10 Å². The Kier molecular flexibility index (Phi) is 3.98. The van der Waals surface area contributed by atoms with E-state index in [1.807, 2.05) is 13.8 Å². The molecule has 1 rings (SSSR count). The van der Waals surface area contributed by atoms with Crippen LogP contribution in [0.3, 0.4) is 0 Å². The topological polar surface area (TPSA) is 88.3 Å². The van der Waals surface area contributed by atoms with Crippen molar-refractivity contribution < 1.29 is 14.7 Å². The largest absolute Gasteiger partial charge is 0.480 e. The highest BCUT2D eigenvalue weighted by atomic mass is 16.4. The van der Waals surface area contributed by atoms with Gasteiger partial charge < -0.3 is 10.0 Å². The zero-order chi connectivity index (χ0) is 12.1. The lowest BCUT2D eigenvalue weighted by Crippen LogP contribution is -2.30. The molecule has 16 heavy (non-hydrogen) atoms. The molecule has 7 heteroatoms. The average Bonchev–Trinajstić information content (AvgIpc) is 2.67. The van der Waals surface area contributed by atoms with Crippen LogP contribution in [0.4, 0.5) is 0 Å². The molecule has 1 aromatic heterocycles. The lowest BCUT2D eigenvalue weighted by molar-refractivity contribution is -0.137. The smallest absolute Gasteiger partial charge is 0.325 e. The van der Waals surface area contributed by atoms with Gasteiger partial charge in [0.25, 0.3) is 5.91 Å². The Hall–Kier alpha value is -1.92. The number of amides is 1. The van der Waals surface area contributed by atoms with Gasteiger partial charge in [-0.2, -0.15) is 0 Å². The second kappa shape index (κ2) is 5.24. The summed E-state index contributed by atoms with van der Waals surface area (Å²) in [5, 5.41) is 15.7. The van der Waals surface area contributed by atoms with Crippen molar-refractivity contribution in [2.75, 3.05) is 13.1 Å². The number of aromatic nitrogens is 3. The third-order valence-electron chi connectivity index (χ3n) is 2.11. The minimum absolute atomic E-state index is 0.171. The number of carbonyl (C=O) groups excluding carboxylic acids is 1. The maximum Gasteiger partial charge on any atom is 0.325 e. The number of carbonyl (C=O) groups is 2. The number of hydrogen-bond donors (Lipinski definition) is 1. The molecule has 1 aromatic rings. The Bertz CT molecular complexity index is 384. The molecule has 0 bridgehead atoms. The van der Waals surface area contributed by atoms with Crippen molar-refractivity contribution in [1.29, 1.82) is 0 Å². The van der Waals surface area contributed by atoms with Crippen LogP contribution < -0.4 is 0 Å². The third-order valence-corrected chi connectivity index (χ3v) is 2.11. The molecule has 0 aliphatic carbocycles. The summed E-state index contributed by atoms with van der Waals surface area (Å²) in [5.41, 5.74) is 0.171. The van der Waals surface area contributed by atoms with Crippen molar-refractivity contribution in [3.8, 4) is 0 Å². The van der Waals surface area contributed by atoms with E-state index in [1.165, 1.54) is 6.20 Å². The third kappa shape index (κ3) is 2.78. The van der Waals surface area contributed by atoms with Crippen LogP contribution in [0, 0.1) is 0 Å². The Morgan fingerprint density at radius 1 is 1.44 bits per heavy atom. The predicted molar refractivity (Wildman–Crippen MR) is 54.9 cm³/mol. The number of hydrogen-bond acceptors (Lipinski definition) is 4. The average molecular weight is 226 g/mol. The van der Waals surface area contributed by atoms with Crippen LogP contribution in [0.25, 0.3) is 0 Å². The van der Waals surface area contributed by atoms with E-state index < -0.39 is 5.97 Å². The summed E-state index contributed by atoms with van der Waals surface area (Å²) in [7, 11) is 0. The van der Waals surface area contributed by atoms with Gasteiger partial charge >= 0.3 is 5.97 Å². The van der Waals surface area contributed by atoms with Crippen LogP contribution >= 0.6 is 0 Å². The fourth-order valence-electron chi connectivity index (χ4n) is 1.29. The molecular weight excluding hydrogens is 212 g/mol. The summed E-state index contributed by atoms with van der Waals surface area (Å²) in [5.74, 6) is -1.26. The first-order chi connectivity index (χ1) is 7.58. The van der Waals surface area contributed by atoms with E-state index in [9.17, 15) is 9.59 Å². The van der Waals surface area contributed by atoms with Crippen LogP contribution in [-0.4, -0.2) is 50.0 Å². The highest BCUT2D eigenvalue weighted by Gasteiger charge is 2.16. The molecule has 1 amide bonds. The summed E-state index contributed by atoms with van der Waals surface area (Å²) in [6.45, 7) is 4.60. The normalized spacial score (nSPS) is 10.1. The second-order valence-electron chi connectivity index (χ2n) is 3.17. The first kappa shape index (κ1) is 12.2.